The zero-order valence-electron chi connectivity index (χ0n) is 12.4. The van der Waals surface area contributed by atoms with E-state index in [0.717, 1.165) is 42.7 Å². The highest BCUT2D eigenvalue weighted by molar-refractivity contribution is 5.14. The molecule has 1 saturated heterocycles. The van der Waals surface area contributed by atoms with Gasteiger partial charge in [0.25, 0.3) is 0 Å². The van der Waals surface area contributed by atoms with Gasteiger partial charge in [0.15, 0.2) is 5.82 Å². The van der Waals surface area contributed by atoms with E-state index in [1.807, 2.05) is 13.0 Å². The smallest absolute Gasteiger partial charge is 0.170 e. The van der Waals surface area contributed by atoms with Crippen LogP contribution in [0, 0.1) is 6.92 Å². The SMILES string of the molecule is Cc1occc1CNCc1nc(C2COCCN2C)n[nH]1. The number of furan rings is 1. The van der Waals surface area contributed by atoms with Gasteiger partial charge >= 0.3 is 0 Å². The van der Waals surface area contributed by atoms with E-state index in [-0.39, 0.29) is 6.04 Å². The summed E-state index contributed by atoms with van der Waals surface area (Å²) >= 11 is 0. The lowest BCUT2D eigenvalue weighted by Crippen LogP contribution is -2.37. The van der Waals surface area contributed by atoms with Crippen LogP contribution in [-0.2, 0) is 17.8 Å². The van der Waals surface area contributed by atoms with Crippen LogP contribution in [0.2, 0.25) is 0 Å². The van der Waals surface area contributed by atoms with Gasteiger partial charge < -0.3 is 14.5 Å². The second-order valence-electron chi connectivity index (χ2n) is 5.32. The van der Waals surface area contributed by atoms with Crippen molar-refractivity contribution in [2.24, 2.45) is 0 Å². The van der Waals surface area contributed by atoms with Crippen molar-refractivity contribution in [3.63, 3.8) is 0 Å². The molecule has 21 heavy (non-hydrogen) atoms. The predicted octanol–water partition coefficient (Wildman–Crippen LogP) is 0.999. The average molecular weight is 291 g/mol. The van der Waals surface area contributed by atoms with Crippen LogP contribution in [0.4, 0.5) is 0 Å². The topological polar surface area (TPSA) is 79.2 Å². The van der Waals surface area contributed by atoms with Gasteiger partial charge in [-0.25, -0.2) is 4.98 Å². The van der Waals surface area contributed by atoms with Crippen LogP contribution in [0.5, 0.6) is 0 Å². The molecule has 1 unspecified atom stereocenters. The van der Waals surface area contributed by atoms with E-state index in [0.29, 0.717) is 13.2 Å². The summed E-state index contributed by atoms with van der Waals surface area (Å²) in [6.07, 6.45) is 1.71. The molecule has 0 aliphatic carbocycles. The van der Waals surface area contributed by atoms with Crippen LogP contribution in [0.1, 0.15) is 29.0 Å². The van der Waals surface area contributed by atoms with E-state index in [9.17, 15) is 0 Å². The normalized spacial score (nSPS) is 20.0. The Bertz CT molecular complexity index is 579. The lowest BCUT2D eigenvalue weighted by Gasteiger charge is -2.30. The van der Waals surface area contributed by atoms with Crippen molar-refractivity contribution in [1.82, 2.24) is 25.4 Å². The summed E-state index contributed by atoms with van der Waals surface area (Å²) < 4.78 is 10.8. The Morgan fingerprint density at radius 2 is 2.38 bits per heavy atom. The Kier molecular flexibility index (Phi) is 4.33. The predicted molar refractivity (Wildman–Crippen MR) is 76.6 cm³/mol. The monoisotopic (exact) mass is 291 g/mol. The lowest BCUT2D eigenvalue weighted by atomic mass is 10.2. The molecule has 1 aliphatic rings. The van der Waals surface area contributed by atoms with Gasteiger partial charge in [0.05, 0.1) is 32.1 Å². The van der Waals surface area contributed by atoms with Gasteiger partial charge in [-0.3, -0.25) is 10.00 Å². The standard InChI is InChI=1S/C14H21N5O2/c1-10-11(3-5-21-10)7-15-8-13-16-14(18-17-13)12-9-20-6-4-19(12)2/h3,5,12,15H,4,6-9H2,1-2H3,(H,16,17,18). The molecule has 0 bridgehead atoms. The number of aromatic amines is 1. The second kappa shape index (κ2) is 6.38. The number of morpholine rings is 1. The summed E-state index contributed by atoms with van der Waals surface area (Å²) in [6, 6.07) is 2.11. The largest absolute Gasteiger partial charge is 0.469 e. The first-order valence-electron chi connectivity index (χ1n) is 7.17. The van der Waals surface area contributed by atoms with E-state index in [2.05, 4.69) is 32.4 Å². The van der Waals surface area contributed by atoms with Gasteiger partial charge in [0.2, 0.25) is 0 Å². The molecule has 0 saturated carbocycles. The molecule has 1 atom stereocenters. The van der Waals surface area contributed by atoms with Crippen LogP contribution in [0.15, 0.2) is 16.7 Å². The Balaban J connectivity index is 1.54. The number of hydrogen-bond acceptors (Lipinski definition) is 6. The van der Waals surface area contributed by atoms with E-state index >= 15 is 0 Å². The van der Waals surface area contributed by atoms with E-state index in [1.54, 1.807) is 6.26 Å². The zero-order chi connectivity index (χ0) is 14.7. The molecule has 2 aromatic heterocycles. The zero-order valence-corrected chi connectivity index (χ0v) is 12.4. The van der Waals surface area contributed by atoms with Gasteiger partial charge in [0.1, 0.15) is 11.6 Å². The van der Waals surface area contributed by atoms with Gasteiger partial charge in [-0.05, 0) is 20.0 Å². The number of aryl methyl sites for hydroxylation is 1. The van der Waals surface area contributed by atoms with Crippen molar-refractivity contribution < 1.29 is 9.15 Å². The van der Waals surface area contributed by atoms with Crippen molar-refractivity contribution in [2.75, 3.05) is 26.8 Å². The fourth-order valence-electron chi connectivity index (χ4n) is 2.41. The van der Waals surface area contributed by atoms with Crippen LogP contribution < -0.4 is 5.32 Å². The van der Waals surface area contributed by atoms with Crippen LogP contribution in [-0.4, -0.2) is 46.9 Å². The quantitative estimate of drug-likeness (QED) is 0.855. The number of rotatable bonds is 5. The molecule has 1 fully saturated rings. The Hall–Kier alpha value is -1.70. The third kappa shape index (κ3) is 3.31. The van der Waals surface area contributed by atoms with Gasteiger partial charge in [-0.2, -0.15) is 5.10 Å². The minimum absolute atomic E-state index is 0.139. The number of hydrogen-bond donors (Lipinski definition) is 2. The van der Waals surface area contributed by atoms with Gasteiger partial charge in [-0.15, -0.1) is 0 Å². The number of aromatic nitrogens is 3. The third-order valence-electron chi connectivity index (χ3n) is 3.82. The summed E-state index contributed by atoms with van der Waals surface area (Å²) in [7, 11) is 2.07. The van der Waals surface area contributed by atoms with E-state index in [1.165, 1.54) is 0 Å². The molecular formula is C14H21N5O2. The summed E-state index contributed by atoms with van der Waals surface area (Å²) in [6.45, 7) is 5.69. The first-order valence-corrected chi connectivity index (χ1v) is 7.17. The molecule has 2 N–H and O–H groups in total. The minimum Gasteiger partial charge on any atom is -0.469 e. The Morgan fingerprint density at radius 3 is 3.14 bits per heavy atom. The number of ether oxygens (including phenoxy) is 1. The van der Waals surface area contributed by atoms with E-state index < -0.39 is 0 Å². The maximum Gasteiger partial charge on any atom is 0.170 e. The van der Waals surface area contributed by atoms with Gasteiger partial charge in [-0.1, -0.05) is 0 Å². The molecule has 7 heteroatoms. The average Bonchev–Trinajstić information content (AvgIpc) is 3.10. The van der Waals surface area contributed by atoms with Crippen molar-refractivity contribution in [1.29, 1.82) is 0 Å². The van der Waals surface area contributed by atoms with Crippen molar-refractivity contribution in [3.05, 3.63) is 35.3 Å². The molecule has 1 aliphatic heterocycles. The maximum absolute atomic E-state index is 5.50. The first kappa shape index (κ1) is 14.2. The third-order valence-corrected chi connectivity index (χ3v) is 3.82. The minimum atomic E-state index is 0.139. The van der Waals surface area contributed by atoms with Gasteiger partial charge in [0, 0.05) is 18.7 Å². The fourth-order valence-corrected chi connectivity index (χ4v) is 2.41. The highest BCUT2D eigenvalue weighted by atomic mass is 16.5. The molecule has 0 aromatic carbocycles. The first-order chi connectivity index (χ1) is 10.2. The highest BCUT2D eigenvalue weighted by Gasteiger charge is 2.24. The van der Waals surface area contributed by atoms with Crippen molar-refractivity contribution in [3.8, 4) is 0 Å². The molecule has 0 amide bonds. The molecule has 114 valence electrons. The Labute approximate surface area is 123 Å². The molecule has 3 rings (SSSR count). The van der Waals surface area contributed by atoms with E-state index in [4.69, 9.17) is 9.15 Å². The Morgan fingerprint density at radius 1 is 1.48 bits per heavy atom. The molecule has 7 nitrogen and oxygen atoms in total. The summed E-state index contributed by atoms with van der Waals surface area (Å²) in [5.74, 6) is 2.58. The summed E-state index contributed by atoms with van der Waals surface area (Å²) in [5, 5.41) is 10.6. The maximum atomic E-state index is 5.50. The van der Waals surface area contributed by atoms with Crippen LogP contribution >= 0.6 is 0 Å². The molecule has 0 radical (unpaired) electrons. The lowest BCUT2D eigenvalue weighted by molar-refractivity contribution is 0.00193. The summed E-state index contributed by atoms with van der Waals surface area (Å²) in [5.41, 5.74) is 1.16. The van der Waals surface area contributed by atoms with Crippen LogP contribution in [0.3, 0.4) is 0 Å². The van der Waals surface area contributed by atoms with Crippen molar-refractivity contribution >= 4 is 0 Å². The highest BCUT2D eigenvalue weighted by Crippen LogP contribution is 2.18. The molecule has 2 aromatic rings. The number of H-pyrrole nitrogens is 1. The molecule has 3 heterocycles. The second-order valence-corrected chi connectivity index (χ2v) is 5.32. The molecule has 0 spiro atoms. The number of nitrogens with zero attached hydrogens (tertiary/aromatic N) is 3. The number of likely N-dealkylation sites (N-methyl/N-ethyl adjacent to an activating group) is 1. The number of nitrogens with one attached hydrogen (secondary N) is 2. The van der Waals surface area contributed by atoms with Crippen LogP contribution in [0.25, 0.3) is 0 Å². The molecular weight excluding hydrogens is 270 g/mol. The fraction of sp³-hybridized carbons (Fsp3) is 0.571. The van der Waals surface area contributed by atoms with Crippen molar-refractivity contribution in [2.45, 2.75) is 26.1 Å². The summed E-state index contributed by atoms with van der Waals surface area (Å²) in [4.78, 5) is 6.77.